The highest BCUT2D eigenvalue weighted by molar-refractivity contribution is 5.84. The molecule has 5 heteroatoms. The second-order valence-corrected chi connectivity index (χ2v) is 2.91. The van der Waals surface area contributed by atoms with Gasteiger partial charge in [0.2, 0.25) is 0 Å². The van der Waals surface area contributed by atoms with Gasteiger partial charge in [-0.25, -0.2) is 9.78 Å². The van der Waals surface area contributed by atoms with Gasteiger partial charge in [-0.15, -0.1) is 0 Å². The number of carbonyl (C=O) groups excluding carboxylic acids is 1. The van der Waals surface area contributed by atoms with Crippen molar-refractivity contribution in [2.75, 3.05) is 13.2 Å². The lowest BCUT2D eigenvalue weighted by atomic mass is 10.2. The molecule has 0 radical (unpaired) electrons. The number of ether oxygens (including phenoxy) is 2. The first kappa shape index (κ1) is 9.21. The molecule has 0 N–H and O–H groups in total. The van der Waals surface area contributed by atoms with Gasteiger partial charge in [0, 0.05) is 6.42 Å². The van der Waals surface area contributed by atoms with E-state index < -0.39 is 5.97 Å². The highest BCUT2D eigenvalue weighted by Gasteiger charge is 2.21. The maximum Gasteiger partial charge on any atom is 0.394 e. The van der Waals surface area contributed by atoms with Crippen molar-refractivity contribution in [3.05, 3.63) is 17.3 Å². The van der Waals surface area contributed by atoms with E-state index in [2.05, 4.69) is 4.98 Å². The van der Waals surface area contributed by atoms with Gasteiger partial charge in [0.1, 0.15) is 11.5 Å². The van der Waals surface area contributed by atoms with E-state index in [-0.39, 0.29) is 5.89 Å². The Balaban J connectivity index is 2.19. The van der Waals surface area contributed by atoms with E-state index in [9.17, 15) is 4.79 Å². The van der Waals surface area contributed by atoms with Crippen LogP contribution in [0.1, 0.15) is 29.1 Å². The number of hydrogen-bond acceptors (Lipinski definition) is 5. The molecule has 0 aliphatic carbocycles. The number of esters is 1. The molecule has 1 aliphatic heterocycles. The third-order valence-corrected chi connectivity index (χ3v) is 1.94. The van der Waals surface area contributed by atoms with E-state index in [0.29, 0.717) is 31.9 Å². The summed E-state index contributed by atoms with van der Waals surface area (Å²) in [4.78, 5) is 15.2. The zero-order valence-electron chi connectivity index (χ0n) is 7.91. The van der Waals surface area contributed by atoms with Gasteiger partial charge in [-0.05, 0) is 6.92 Å². The van der Waals surface area contributed by atoms with Crippen LogP contribution in [0.3, 0.4) is 0 Å². The lowest BCUT2D eigenvalue weighted by Gasteiger charge is -2.07. The molecule has 2 rings (SSSR count). The molecule has 1 aliphatic rings. The predicted octanol–water partition coefficient (Wildman–Crippen LogP) is 0.924. The number of carbonyl (C=O) groups is 1. The summed E-state index contributed by atoms with van der Waals surface area (Å²) in [6.45, 7) is 3.09. The Labute approximate surface area is 81.0 Å². The minimum Gasteiger partial charge on any atom is -0.459 e. The largest absolute Gasteiger partial charge is 0.459 e. The van der Waals surface area contributed by atoms with Crippen LogP contribution in [-0.4, -0.2) is 24.2 Å². The average Bonchev–Trinajstić information content (AvgIpc) is 2.61. The van der Waals surface area contributed by atoms with Crippen LogP contribution in [0.15, 0.2) is 4.42 Å². The fourth-order valence-corrected chi connectivity index (χ4v) is 1.31. The van der Waals surface area contributed by atoms with Crippen molar-refractivity contribution in [3.8, 4) is 0 Å². The first-order valence-corrected chi connectivity index (χ1v) is 4.54. The minimum absolute atomic E-state index is 0.0300. The van der Waals surface area contributed by atoms with Crippen LogP contribution in [0.25, 0.3) is 0 Å². The number of oxazole rings is 1. The predicted molar refractivity (Wildman–Crippen MR) is 45.8 cm³/mol. The molecule has 0 atom stereocenters. The Kier molecular flexibility index (Phi) is 2.49. The highest BCUT2D eigenvalue weighted by atomic mass is 16.5. The molecule has 0 spiro atoms. The second-order valence-electron chi connectivity index (χ2n) is 2.91. The van der Waals surface area contributed by atoms with Crippen molar-refractivity contribution >= 4 is 5.97 Å². The van der Waals surface area contributed by atoms with E-state index in [4.69, 9.17) is 13.9 Å². The molecule has 0 aromatic carbocycles. The van der Waals surface area contributed by atoms with Crippen LogP contribution in [0.2, 0.25) is 0 Å². The molecule has 76 valence electrons. The summed E-state index contributed by atoms with van der Waals surface area (Å²) in [6.07, 6.45) is 0.668. The first-order chi connectivity index (χ1) is 6.81. The fourth-order valence-electron chi connectivity index (χ4n) is 1.31. The number of hydrogen-bond donors (Lipinski definition) is 0. The van der Waals surface area contributed by atoms with Crippen LogP contribution in [0.4, 0.5) is 0 Å². The summed E-state index contributed by atoms with van der Waals surface area (Å²) in [5.74, 6) is 0.253. The lowest BCUT2D eigenvalue weighted by Crippen LogP contribution is -2.08. The van der Waals surface area contributed by atoms with Crippen molar-refractivity contribution in [2.24, 2.45) is 0 Å². The molecule has 1 aromatic rings. The molecule has 0 saturated carbocycles. The monoisotopic (exact) mass is 197 g/mol. The Hall–Kier alpha value is -1.36. The van der Waals surface area contributed by atoms with Gasteiger partial charge in [-0.2, -0.15) is 0 Å². The Morgan fingerprint density at radius 1 is 1.64 bits per heavy atom. The highest BCUT2D eigenvalue weighted by Crippen LogP contribution is 2.17. The van der Waals surface area contributed by atoms with Gasteiger partial charge >= 0.3 is 11.9 Å². The normalized spacial score (nSPS) is 14.9. The Bertz CT molecular complexity index is 321. The van der Waals surface area contributed by atoms with Crippen LogP contribution in [-0.2, 0) is 22.5 Å². The maximum atomic E-state index is 11.2. The van der Waals surface area contributed by atoms with Gasteiger partial charge < -0.3 is 13.9 Å². The van der Waals surface area contributed by atoms with E-state index in [1.54, 1.807) is 6.92 Å². The van der Waals surface area contributed by atoms with Crippen LogP contribution < -0.4 is 0 Å². The van der Waals surface area contributed by atoms with Gasteiger partial charge in [0.05, 0.1) is 19.8 Å². The van der Waals surface area contributed by atoms with E-state index in [1.165, 1.54) is 0 Å². The van der Waals surface area contributed by atoms with Crippen LogP contribution in [0, 0.1) is 0 Å². The van der Waals surface area contributed by atoms with Gasteiger partial charge in [0.25, 0.3) is 0 Å². The van der Waals surface area contributed by atoms with Crippen LogP contribution in [0.5, 0.6) is 0 Å². The molecule has 0 unspecified atom stereocenters. The smallest absolute Gasteiger partial charge is 0.394 e. The molecule has 5 nitrogen and oxygen atoms in total. The first-order valence-electron chi connectivity index (χ1n) is 4.54. The number of rotatable bonds is 2. The maximum absolute atomic E-state index is 11.2. The van der Waals surface area contributed by atoms with Gasteiger partial charge in [-0.1, -0.05) is 0 Å². The summed E-state index contributed by atoms with van der Waals surface area (Å²) < 4.78 is 15.2. The lowest BCUT2D eigenvalue weighted by molar-refractivity contribution is 0.0477. The molecule has 0 fully saturated rings. The minimum atomic E-state index is -0.512. The van der Waals surface area contributed by atoms with Crippen LogP contribution >= 0.6 is 0 Å². The van der Waals surface area contributed by atoms with Gasteiger partial charge in [-0.3, -0.25) is 0 Å². The molecule has 0 amide bonds. The molecule has 1 aromatic heterocycles. The molecule has 0 bridgehead atoms. The number of nitrogens with zero attached hydrogens (tertiary/aromatic N) is 1. The van der Waals surface area contributed by atoms with Crippen molar-refractivity contribution < 1.29 is 18.7 Å². The quantitative estimate of drug-likeness (QED) is 0.660. The summed E-state index contributed by atoms with van der Waals surface area (Å²) >= 11 is 0. The standard InChI is InChI=1S/C9H11NO4/c1-2-13-9(11)8-10-6-5-12-4-3-7(6)14-8/h2-5H2,1H3. The molecule has 0 saturated heterocycles. The zero-order valence-corrected chi connectivity index (χ0v) is 7.91. The average molecular weight is 197 g/mol. The molecular formula is C9H11NO4. The summed E-state index contributed by atoms with van der Waals surface area (Å²) in [5, 5.41) is 0. The van der Waals surface area contributed by atoms with E-state index >= 15 is 0 Å². The third kappa shape index (κ3) is 1.63. The Morgan fingerprint density at radius 3 is 3.21 bits per heavy atom. The van der Waals surface area contributed by atoms with E-state index in [0.717, 1.165) is 5.76 Å². The van der Waals surface area contributed by atoms with Crippen molar-refractivity contribution in [3.63, 3.8) is 0 Å². The third-order valence-electron chi connectivity index (χ3n) is 1.94. The van der Waals surface area contributed by atoms with Crippen molar-refractivity contribution in [1.29, 1.82) is 0 Å². The second kappa shape index (κ2) is 3.79. The van der Waals surface area contributed by atoms with Crippen molar-refractivity contribution in [2.45, 2.75) is 20.0 Å². The SMILES string of the molecule is CCOC(=O)c1nc2c(o1)CCOC2. The Morgan fingerprint density at radius 2 is 2.50 bits per heavy atom. The number of aromatic nitrogens is 1. The molecule has 2 heterocycles. The van der Waals surface area contributed by atoms with E-state index in [1.807, 2.05) is 0 Å². The zero-order chi connectivity index (χ0) is 9.97. The summed E-state index contributed by atoms with van der Waals surface area (Å²) in [7, 11) is 0. The van der Waals surface area contributed by atoms with Gasteiger partial charge in [0.15, 0.2) is 0 Å². The fraction of sp³-hybridized carbons (Fsp3) is 0.556. The topological polar surface area (TPSA) is 61.6 Å². The summed E-state index contributed by atoms with van der Waals surface area (Å²) in [6, 6.07) is 0. The molecular weight excluding hydrogens is 186 g/mol. The van der Waals surface area contributed by atoms with Crippen molar-refractivity contribution in [1.82, 2.24) is 4.98 Å². The molecule has 14 heavy (non-hydrogen) atoms. The number of fused-ring (bicyclic) bond motifs is 1. The summed E-state index contributed by atoms with van der Waals surface area (Å²) in [5.41, 5.74) is 0.708.